The molecule has 0 amide bonds. The summed E-state index contributed by atoms with van der Waals surface area (Å²) < 4.78 is 17.1. The summed E-state index contributed by atoms with van der Waals surface area (Å²) in [4.78, 5) is 0. The van der Waals surface area contributed by atoms with Gasteiger partial charge in [-0.25, -0.2) is 4.39 Å². The summed E-state index contributed by atoms with van der Waals surface area (Å²) in [6.07, 6.45) is 1.83. The Bertz CT molecular complexity index is 1260. The molecule has 0 radical (unpaired) electrons. The maximum absolute atomic E-state index is 13.4. The van der Waals surface area contributed by atoms with Gasteiger partial charge in [0.1, 0.15) is 5.82 Å². The van der Waals surface area contributed by atoms with Crippen LogP contribution in [0.5, 0.6) is 0 Å². The van der Waals surface area contributed by atoms with Gasteiger partial charge >= 0.3 is 0 Å². The molecule has 2 N–H and O–H groups in total. The molecule has 4 aromatic rings. The van der Waals surface area contributed by atoms with Crippen LogP contribution in [0, 0.1) is 26.6 Å². The Morgan fingerprint density at radius 2 is 1.78 bits per heavy atom. The van der Waals surface area contributed by atoms with Crippen molar-refractivity contribution < 1.29 is 4.39 Å². The highest BCUT2D eigenvalue weighted by molar-refractivity contribution is 7.80. The SMILES string of the molecule is Cc1ccccc1Cn1nc(C)c(NC(=S)Nc2ccn(Cc3cccc(F)c3)n2)c1C. The topological polar surface area (TPSA) is 59.7 Å². The third-order valence-electron chi connectivity index (χ3n) is 5.32. The van der Waals surface area contributed by atoms with E-state index in [-0.39, 0.29) is 5.82 Å². The number of aryl methyl sites for hydroxylation is 2. The maximum atomic E-state index is 13.4. The molecule has 4 rings (SSSR count). The van der Waals surface area contributed by atoms with Gasteiger partial charge in [-0.2, -0.15) is 10.2 Å². The van der Waals surface area contributed by atoms with Gasteiger partial charge in [0.2, 0.25) is 0 Å². The number of hydrogen-bond donors (Lipinski definition) is 2. The Hall–Kier alpha value is -3.52. The highest BCUT2D eigenvalue weighted by Crippen LogP contribution is 2.21. The van der Waals surface area contributed by atoms with Crippen molar-refractivity contribution in [2.75, 3.05) is 10.6 Å². The minimum absolute atomic E-state index is 0.257. The lowest BCUT2D eigenvalue weighted by atomic mass is 10.1. The maximum Gasteiger partial charge on any atom is 0.176 e. The monoisotopic (exact) mass is 448 g/mol. The van der Waals surface area contributed by atoms with Gasteiger partial charge in [-0.1, -0.05) is 36.4 Å². The van der Waals surface area contributed by atoms with E-state index in [1.54, 1.807) is 10.7 Å². The van der Waals surface area contributed by atoms with Crippen molar-refractivity contribution in [3.63, 3.8) is 0 Å². The largest absolute Gasteiger partial charge is 0.329 e. The minimum Gasteiger partial charge on any atom is -0.329 e. The van der Waals surface area contributed by atoms with Crippen LogP contribution in [0.3, 0.4) is 0 Å². The summed E-state index contributed by atoms with van der Waals surface area (Å²) in [5.74, 6) is 0.355. The normalized spacial score (nSPS) is 10.9. The van der Waals surface area contributed by atoms with Crippen LogP contribution in [0.15, 0.2) is 60.8 Å². The molecule has 164 valence electrons. The van der Waals surface area contributed by atoms with Crippen LogP contribution in [0.1, 0.15) is 28.1 Å². The number of aromatic nitrogens is 4. The van der Waals surface area contributed by atoms with Crippen molar-refractivity contribution in [3.8, 4) is 0 Å². The van der Waals surface area contributed by atoms with Crippen molar-refractivity contribution in [2.24, 2.45) is 0 Å². The average Bonchev–Trinajstić information content (AvgIpc) is 3.28. The van der Waals surface area contributed by atoms with Crippen LogP contribution in [-0.2, 0) is 13.1 Å². The second-order valence-corrected chi connectivity index (χ2v) is 8.15. The Morgan fingerprint density at radius 1 is 0.969 bits per heavy atom. The van der Waals surface area contributed by atoms with Crippen molar-refractivity contribution >= 4 is 28.8 Å². The lowest BCUT2D eigenvalue weighted by Crippen LogP contribution is -2.20. The first-order valence-electron chi connectivity index (χ1n) is 10.3. The zero-order valence-electron chi connectivity index (χ0n) is 18.3. The number of hydrogen-bond acceptors (Lipinski definition) is 3. The number of benzene rings is 2. The van der Waals surface area contributed by atoms with E-state index in [9.17, 15) is 4.39 Å². The fourth-order valence-electron chi connectivity index (χ4n) is 3.58. The van der Waals surface area contributed by atoms with E-state index in [4.69, 9.17) is 12.2 Å². The summed E-state index contributed by atoms with van der Waals surface area (Å²) in [6, 6.07) is 16.6. The zero-order valence-corrected chi connectivity index (χ0v) is 19.1. The summed E-state index contributed by atoms with van der Waals surface area (Å²) >= 11 is 5.50. The smallest absolute Gasteiger partial charge is 0.176 e. The van der Waals surface area contributed by atoms with Crippen molar-refractivity contribution in [2.45, 2.75) is 33.9 Å². The standard InChI is InChI=1S/C24H25FN6S/c1-16-7-4-5-9-20(16)15-31-18(3)23(17(2)28-31)27-24(32)26-22-11-12-30(29-22)14-19-8-6-10-21(25)13-19/h4-13H,14-15H2,1-3H3,(H2,26,27,29,32). The van der Waals surface area contributed by atoms with Crippen molar-refractivity contribution in [1.82, 2.24) is 19.6 Å². The number of nitrogens with one attached hydrogen (secondary N) is 2. The third-order valence-corrected chi connectivity index (χ3v) is 5.52. The van der Waals surface area contributed by atoms with Crippen LogP contribution < -0.4 is 10.6 Å². The fraction of sp³-hybridized carbons (Fsp3) is 0.208. The average molecular weight is 449 g/mol. The summed E-state index contributed by atoms with van der Waals surface area (Å²) in [5, 5.41) is 15.9. The Morgan fingerprint density at radius 3 is 2.56 bits per heavy atom. The Kier molecular flexibility index (Phi) is 6.32. The number of halogens is 1. The number of rotatable bonds is 6. The molecule has 2 aromatic heterocycles. The van der Waals surface area contributed by atoms with Gasteiger partial charge in [0.25, 0.3) is 0 Å². The molecule has 2 aromatic carbocycles. The highest BCUT2D eigenvalue weighted by Gasteiger charge is 2.14. The molecule has 0 fully saturated rings. The predicted molar refractivity (Wildman–Crippen MR) is 130 cm³/mol. The van der Waals surface area contributed by atoms with Crippen LogP contribution in [0.2, 0.25) is 0 Å². The van der Waals surface area contributed by atoms with E-state index in [0.717, 1.165) is 22.6 Å². The van der Waals surface area contributed by atoms with Crippen LogP contribution in [0.4, 0.5) is 15.9 Å². The molecule has 0 aliphatic rings. The zero-order chi connectivity index (χ0) is 22.7. The van der Waals surface area contributed by atoms with Crippen LogP contribution >= 0.6 is 12.2 Å². The molecule has 0 saturated carbocycles. The number of thiocarbonyl (C=S) groups is 1. The van der Waals surface area contributed by atoms with Gasteiger partial charge in [-0.3, -0.25) is 9.36 Å². The first-order valence-corrected chi connectivity index (χ1v) is 10.7. The molecule has 32 heavy (non-hydrogen) atoms. The predicted octanol–water partition coefficient (Wildman–Crippen LogP) is 5.05. The summed E-state index contributed by atoms with van der Waals surface area (Å²) in [7, 11) is 0. The van der Waals surface area contributed by atoms with Crippen molar-refractivity contribution in [3.05, 3.63) is 94.7 Å². The second-order valence-electron chi connectivity index (χ2n) is 7.74. The number of nitrogens with zero attached hydrogens (tertiary/aromatic N) is 4. The van der Waals surface area contributed by atoms with Gasteiger partial charge < -0.3 is 10.6 Å². The Labute approximate surface area is 192 Å². The summed E-state index contributed by atoms with van der Waals surface area (Å²) in [5.41, 5.74) is 6.07. The van der Waals surface area contributed by atoms with Gasteiger partial charge in [0, 0.05) is 12.3 Å². The molecule has 0 atom stereocenters. The number of anilines is 2. The molecule has 8 heteroatoms. The van der Waals surface area contributed by atoms with Crippen LogP contribution in [-0.4, -0.2) is 24.7 Å². The van der Waals surface area contributed by atoms with E-state index in [0.29, 0.717) is 24.0 Å². The van der Waals surface area contributed by atoms with Gasteiger partial charge in [0.15, 0.2) is 10.9 Å². The molecule has 0 saturated heterocycles. The first-order chi connectivity index (χ1) is 15.4. The van der Waals surface area contributed by atoms with Gasteiger partial charge in [-0.05, 0) is 61.8 Å². The van der Waals surface area contributed by atoms with E-state index < -0.39 is 0 Å². The molecule has 0 unspecified atom stereocenters. The molecule has 0 aliphatic carbocycles. The van der Waals surface area contributed by atoms with Gasteiger partial charge in [0.05, 0.1) is 30.2 Å². The van der Waals surface area contributed by atoms with E-state index in [1.807, 2.05) is 49.0 Å². The molecular formula is C24H25FN6S. The van der Waals surface area contributed by atoms with Crippen molar-refractivity contribution in [1.29, 1.82) is 0 Å². The molecule has 6 nitrogen and oxygen atoms in total. The molecular weight excluding hydrogens is 423 g/mol. The molecule has 0 spiro atoms. The minimum atomic E-state index is -0.257. The lowest BCUT2D eigenvalue weighted by molar-refractivity contribution is 0.619. The molecule has 2 heterocycles. The summed E-state index contributed by atoms with van der Waals surface area (Å²) in [6.45, 7) is 7.26. The fourth-order valence-corrected chi connectivity index (χ4v) is 3.79. The molecule has 0 aliphatic heterocycles. The van der Waals surface area contributed by atoms with E-state index in [2.05, 4.69) is 39.9 Å². The van der Waals surface area contributed by atoms with E-state index >= 15 is 0 Å². The first kappa shape index (κ1) is 21.7. The second kappa shape index (κ2) is 9.32. The molecule has 0 bridgehead atoms. The van der Waals surface area contributed by atoms with E-state index in [1.165, 1.54) is 23.3 Å². The van der Waals surface area contributed by atoms with Crippen LogP contribution in [0.25, 0.3) is 0 Å². The lowest BCUT2D eigenvalue weighted by Gasteiger charge is -2.10. The quantitative estimate of drug-likeness (QED) is 0.404. The highest BCUT2D eigenvalue weighted by atomic mass is 32.1. The Balaban J connectivity index is 1.41. The van der Waals surface area contributed by atoms with Gasteiger partial charge in [-0.15, -0.1) is 0 Å². The third kappa shape index (κ3) is 5.03.